The monoisotopic (exact) mass is 627 g/mol. The van der Waals surface area contributed by atoms with E-state index in [9.17, 15) is 0 Å². The summed E-state index contributed by atoms with van der Waals surface area (Å²) in [6, 6.07) is 13.4. The second kappa shape index (κ2) is 24.3. The first-order valence-corrected chi connectivity index (χ1v) is 18.4. The van der Waals surface area contributed by atoms with Gasteiger partial charge in [-0.05, 0) is 127 Å². The average Bonchev–Trinajstić information content (AvgIpc) is 3.07. The molecule has 0 amide bonds. The summed E-state index contributed by atoms with van der Waals surface area (Å²) in [6.45, 7) is 42.8. The molecular formula is C46H74. The van der Waals surface area contributed by atoms with E-state index in [1.54, 1.807) is 5.57 Å². The van der Waals surface area contributed by atoms with Gasteiger partial charge in [0, 0.05) is 0 Å². The van der Waals surface area contributed by atoms with Gasteiger partial charge in [-0.15, -0.1) is 0 Å². The van der Waals surface area contributed by atoms with Crippen LogP contribution in [-0.2, 0) is 0 Å². The zero-order chi connectivity index (χ0) is 36.0. The van der Waals surface area contributed by atoms with Crippen LogP contribution >= 0.6 is 0 Å². The molecule has 258 valence electrons. The number of aryl methyl sites for hydroxylation is 1. The van der Waals surface area contributed by atoms with Crippen LogP contribution in [0, 0.1) is 18.3 Å². The third kappa shape index (κ3) is 14.3. The Kier molecular flexibility index (Phi) is 23.9. The maximum absolute atomic E-state index is 4.30. The Hall–Kier alpha value is -2.86. The first kappa shape index (κ1) is 45.3. The maximum atomic E-state index is 4.30. The smallest absolute Gasteiger partial charge is 0.0179 e. The van der Waals surface area contributed by atoms with E-state index in [0.29, 0.717) is 17.3 Å². The van der Waals surface area contributed by atoms with Gasteiger partial charge < -0.3 is 0 Å². The maximum Gasteiger partial charge on any atom is -0.0179 e. The topological polar surface area (TPSA) is 0 Å². The minimum absolute atomic E-state index is 0.410. The SMILES string of the molecule is C/C=C\C(=C/C)c1ccc(C(C)CCC)cc1.C=C(C)c1cc(C)c(=C)/c(=C\C2=C(C)CCC(C)(C(C)C)C2)c1.CC.CC.CC. The van der Waals surface area contributed by atoms with Crippen molar-refractivity contribution in [2.75, 3.05) is 0 Å². The summed E-state index contributed by atoms with van der Waals surface area (Å²) in [6.07, 6.45) is 15.0. The molecule has 0 aromatic heterocycles. The minimum atomic E-state index is 0.410. The lowest BCUT2D eigenvalue weighted by atomic mass is 9.67. The Morgan fingerprint density at radius 3 is 1.93 bits per heavy atom. The molecule has 0 spiro atoms. The van der Waals surface area contributed by atoms with Gasteiger partial charge in [0.1, 0.15) is 0 Å². The van der Waals surface area contributed by atoms with Crippen LogP contribution in [0.1, 0.15) is 164 Å². The molecule has 3 rings (SSSR count). The van der Waals surface area contributed by atoms with E-state index in [1.165, 1.54) is 70.7 Å². The first-order valence-electron chi connectivity index (χ1n) is 18.4. The van der Waals surface area contributed by atoms with Crippen molar-refractivity contribution in [1.29, 1.82) is 0 Å². The van der Waals surface area contributed by atoms with E-state index in [2.05, 4.69) is 143 Å². The molecule has 0 bridgehead atoms. The molecule has 0 saturated heterocycles. The summed E-state index contributed by atoms with van der Waals surface area (Å²) in [4.78, 5) is 0. The van der Waals surface area contributed by atoms with Gasteiger partial charge >= 0.3 is 0 Å². The number of hydrogen-bond donors (Lipinski definition) is 0. The molecule has 2 unspecified atom stereocenters. The molecular weight excluding hydrogens is 553 g/mol. The zero-order valence-corrected chi connectivity index (χ0v) is 33.4. The van der Waals surface area contributed by atoms with Crippen molar-refractivity contribution in [3.8, 4) is 0 Å². The Balaban J connectivity index is 0. The predicted octanol–water partition coefficient (Wildman–Crippen LogP) is 14.0. The Labute approximate surface area is 288 Å². The van der Waals surface area contributed by atoms with Crippen molar-refractivity contribution in [1.82, 2.24) is 0 Å². The van der Waals surface area contributed by atoms with Crippen LogP contribution in [0.3, 0.4) is 0 Å². The van der Waals surface area contributed by atoms with Gasteiger partial charge in [-0.2, -0.15) is 0 Å². The summed E-state index contributed by atoms with van der Waals surface area (Å²) in [5.74, 6) is 1.38. The van der Waals surface area contributed by atoms with Gasteiger partial charge in [0.15, 0.2) is 0 Å². The average molecular weight is 627 g/mol. The number of benzene rings is 2. The molecule has 0 fully saturated rings. The van der Waals surface area contributed by atoms with E-state index in [0.717, 1.165) is 10.8 Å². The molecule has 0 heteroatoms. The van der Waals surface area contributed by atoms with Gasteiger partial charge in [-0.1, -0.05) is 162 Å². The highest BCUT2D eigenvalue weighted by Crippen LogP contribution is 2.44. The second-order valence-corrected chi connectivity index (χ2v) is 12.6. The molecule has 2 aromatic rings. The molecule has 0 aliphatic heterocycles. The van der Waals surface area contributed by atoms with Crippen LogP contribution < -0.4 is 10.4 Å². The number of allylic oxidation sites excluding steroid dienone is 7. The van der Waals surface area contributed by atoms with Crippen molar-refractivity contribution in [2.45, 2.75) is 149 Å². The predicted molar refractivity (Wildman–Crippen MR) is 217 cm³/mol. The molecule has 46 heavy (non-hydrogen) atoms. The third-order valence-corrected chi connectivity index (χ3v) is 9.13. The lowest BCUT2D eigenvalue weighted by Crippen LogP contribution is -2.30. The van der Waals surface area contributed by atoms with Crippen molar-refractivity contribution >= 4 is 23.8 Å². The van der Waals surface area contributed by atoms with Crippen LogP contribution in [0.15, 0.2) is 72.4 Å². The number of hydrogen-bond acceptors (Lipinski definition) is 0. The highest BCUT2D eigenvalue weighted by atomic mass is 14.4. The van der Waals surface area contributed by atoms with Crippen molar-refractivity contribution < 1.29 is 0 Å². The minimum Gasteiger partial charge on any atom is -0.0955 e. The van der Waals surface area contributed by atoms with Gasteiger partial charge in [0.25, 0.3) is 0 Å². The van der Waals surface area contributed by atoms with Crippen molar-refractivity contribution in [2.24, 2.45) is 11.3 Å². The summed E-state index contributed by atoms with van der Waals surface area (Å²) >= 11 is 0. The molecule has 0 heterocycles. The van der Waals surface area contributed by atoms with Crippen LogP contribution in [-0.4, -0.2) is 0 Å². The third-order valence-electron chi connectivity index (χ3n) is 9.13. The van der Waals surface area contributed by atoms with E-state index >= 15 is 0 Å². The summed E-state index contributed by atoms with van der Waals surface area (Å²) < 4.78 is 0. The Bertz CT molecular complexity index is 1340. The Morgan fingerprint density at radius 2 is 1.48 bits per heavy atom. The quantitative estimate of drug-likeness (QED) is 0.256. The van der Waals surface area contributed by atoms with Crippen molar-refractivity contribution in [3.05, 3.63) is 105 Å². The molecule has 0 N–H and O–H groups in total. The molecule has 2 atom stereocenters. The van der Waals surface area contributed by atoms with Gasteiger partial charge in [-0.3, -0.25) is 0 Å². The van der Waals surface area contributed by atoms with Gasteiger partial charge in [-0.25, -0.2) is 0 Å². The molecule has 0 radical (unpaired) electrons. The Morgan fingerprint density at radius 1 is 0.913 bits per heavy atom. The van der Waals surface area contributed by atoms with Crippen LogP contribution in [0.5, 0.6) is 0 Å². The zero-order valence-electron chi connectivity index (χ0n) is 33.4. The molecule has 0 saturated carbocycles. The standard InChI is InChI=1S/C23H32.C17H24.3C2H6/c1-15(2)20-11-18(6)19(7)21(12-20)13-22-14-23(8,16(3)4)10-9-17(22)5;1-5-8-14(4)16-10-12-17(13-11-16)15(7-3)9-6-2;3*1-2/h11-13,16H,1,7,9-10,14H2,2-6,8H3;6-7,9-14H,5,8H2,1-4H3;3*1-2H3/b21-13-;9-6-,15-7+;;;. The summed E-state index contributed by atoms with van der Waals surface area (Å²) in [5.41, 5.74) is 11.1. The van der Waals surface area contributed by atoms with Crippen LogP contribution in [0.25, 0.3) is 23.8 Å². The molecule has 1 aliphatic rings. The second-order valence-electron chi connectivity index (χ2n) is 12.6. The highest BCUT2D eigenvalue weighted by molar-refractivity contribution is 5.73. The fourth-order valence-electron chi connectivity index (χ4n) is 5.52. The first-order chi connectivity index (χ1) is 21.9. The molecule has 1 aliphatic carbocycles. The van der Waals surface area contributed by atoms with E-state index in [-0.39, 0.29) is 0 Å². The van der Waals surface area contributed by atoms with Crippen molar-refractivity contribution in [3.63, 3.8) is 0 Å². The summed E-state index contributed by atoms with van der Waals surface area (Å²) in [5, 5.41) is 2.40. The largest absolute Gasteiger partial charge is 0.0955 e. The lowest BCUT2D eigenvalue weighted by Gasteiger charge is -2.38. The lowest BCUT2D eigenvalue weighted by molar-refractivity contribution is 0.189. The fraction of sp³-hybridized carbons (Fsp3) is 0.522. The summed E-state index contributed by atoms with van der Waals surface area (Å²) in [7, 11) is 0. The highest BCUT2D eigenvalue weighted by Gasteiger charge is 2.32. The van der Waals surface area contributed by atoms with Crippen LogP contribution in [0.2, 0.25) is 0 Å². The molecule has 0 nitrogen and oxygen atoms in total. The normalized spacial score (nSPS) is 17.1. The van der Waals surface area contributed by atoms with Gasteiger partial charge in [0.2, 0.25) is 0 Å². The van der Waals surface area contributed by atoms with Crippen LogP contribution in [0.4, 0.5) is 0 Å². The van der Waals surface area contributed by atoms with E-state index in [1.807, 2.05) is 41.5 Å². The fourth-order valence-corrected chi connectivity index (χ4v) is 5.52. The van der Waals surface area contributed by atoms with E-state index in [4.69, 9.17) is 0 Å². The number of rotatable bonds is 8. The van der Waals surface area contributed by atoms with Gasteiger partial charge in [0.05, 0.1) is 0 Å². The van der Waals surface area contributed by atoms with E-state index < -0.39 is 0 Å². The molecule has 2 aromatic carbocycles.